The molecule has 1 saturated carbocycles. The van der Waals surface area contributed by atoms with Gasteiger partial charge in [-0.1, -0.05) is 17.0 Å². The van der Waals surface area contributed by atoms with Crippen LogP contribution in [0.1, 0.15) is 31.5 Å². The Labute approximate surface area is 98.2 Å². The maximum absolute atomic E-state index is 10.8. The van der Waals surface area contributed by atoms with Crippen LogP contribution in [0.2, 0.25) is 0 Å². The lowest BCUT2D eigenvalue weighted by atomic mass is 9.82. The third kappa shape index (κ3) is 2.62. The van der Waals surface area contributed by atoms with Gasteiger partial charge in [0, 0.05) is 12.7 Å². The van der Waals surface area contributed by atoms with Crippen molar-refractivity contribution in [2.45, 2.75) is 32.4 Å². The van der Waals surface area contributed by atoms with Crippen molar-refractivity contribution in [3.63, 3.8) is 0 Å². The molecule has 1 aromatic heterocycles. The average molecular weight is 241 g/mol. The summed E-state index contributed by atoms with van der Waals surface area (Å²) in [5.74, 6) is 1.52. The number of hydrogen-bond donors (Lipinski definition) is 1. The smallest absolute Gasteiger partial charge is 0.185 e. The molecule has 16 heavy (non-hydrogen) atoms. The molecular weight excluding hydrogens is 226 g/mol. The van der Waals surface area contributed by atoms with Crippen molar-refractivity contribution in [2.24, 2.45) is 5.92 Å². The first-order valence-corrected chi connectivity index (χ1v) is 6.32. The minimum absolute atomic E-state index is 0.0592. The van der Waals surface area contributed by atoms with Crippen molar-refractivity contribution in [1.29, 1.82) is 0 Å². The van der Waals surface area contributed by atoms with Gasteiger partial charge in [0.2, 0.25) is 0 Å². The van der Waals surface area contributed by atoms with Crippen molar-refractivity contribution in [1.82, 2.24) is 15.0 Å². The minimum Gasteiger partial charge on any atom is -0.390 e. The largest absolute Gasteiger partial charge is 0.390 e. The predicted octanol–water partition coefficient (Wildman–Crippen LogP) is 1.00. The lowest BCUT2D eigenvalue weighted by Gasteiger charge is -2.34. The highest BCUT2D eigenvalue weighted by atomic mass is 32.2. The maximum atomic E-state index is 10.8. The zero-order valence-corrected chi connectivity index (χ0v) is 9.98. The molecule has 1 aliphatic carbocycles. The molecule has 2 rings (SSSR count). The van der Waals surface area contributed by atoms with Gasteiger partial charge in [0.15, 0.2) is 5.12 Å². The van der Waals surface area contributed by atoms with E-state index in [2.05, 4.69) is 10.3 Å². The molecule has 1 aromatic rings. The number of aliphatic hydroxyl groups is 1. The second-order valence-electron chi connectivity index (χ2n) is 4.14. The van der Waals surface area contributed by atoms with Crippen LogP contribution in [0, 0.1) is 5.92 Å². The number of carbonyl (C=O) groups is 1. The molecule has 5 nitrogen and oxygen atoms in total. The van der Waals surface area contributed by atoms with E-state index in [1.54, 1.807) is 13.1 Å². The molecule has 0 radical (unpaired) electrons. The average Bonchev–Trinajstić information content (AvgIpc) is 2.63. The molecule has 1 fully saturated rings. The lowest BCUT2D eigenvalue weighted by Crippen LogP contribution is -2.29. The first-order valence-electron chi connectivity index (χ1n) is 5.34. The summed E-state index contributed by atoms with van der Waals surface area (Å²) >= 11 is 1.40. The molecule has 0 saturated heterocycles. The third-order valence-corrected chi connectivity index (χ3v) is 3.87. The molecule has 1 heterocycles. The van der Waals surface area contributed by atoms with Gasteiger partial charge in [-0.15, -0.1) is 5.10 Å². The molecule has 0 aromatic carbocycles. The Hall–Kier alpha value is -0.880. The second kappa shape index (κ2) is 4.97. The first kappa shape index (κ1) is 11.6. The Morgan fingerprint density at radius 2 is 2.44 bits per heavy atom. The number of aliphatic hydroxyl groups excluding tert-OH is 1. The van der Waals surface area contributed by atoms with Crippen molar-refractivity contribution in [3.8, 4) is 0 Å². The number of nitrogens with zero attached hydrogens (tertiary/aromatic N) is 3. The molecule has 1 aliphatic rings. The molecule has 0 spiro atoms. The molecule has 1 N–H and O–H groups in total. The van der Waals surface area contributed by atoms with Gasteiger partial charge in [0.1, 0.15) is 5.69 Å². The van der Waals surface area contributed by atoms with Gasteiger partial charge in [0.05, 0.1) is 18.8 Å². The van der Waals surface area contributed by atoms with Crippen LogP contribution >= 0.6 is 11.8 Å². The van der Waals surface area contributed by atoms with Gasteiger partial charge in [-0.05, 0) is 18.8 Å². The molecular formula is C10H15N3O2S. The number of thioether (sulfide) groups is 1. The van der Waals surface area contributed by atoms with E-state index < -0.39 is 0 Å². The van der Waals surface area contributed by atoms with Crippen molar-refractivity contribution >= 4 is 16.9 Å². The molecule has 0 atom stereocenters. The molecule has 0 amide bonds. The van der Waals surface area contributed by atoms with E-state index in [4.69, 9.17) is 5.11 Å². The van der Waals surface area contributed by atoms with E-state index in [1.165, 1.54) is 11.8 Å². The van der Waals surface area contributed by atoms with Gasteiger partial charge in [-0.3, -0.25) is 4.79 Å². The van der Waals surface area contributed by atoms with Gasteiger partial charge in [0.25, 0.3) is 0 Å². The molecule has 0 unspecified atom stereocenters. The summed E-state index contributed by atoms with van der Waals surface area (Å²) in [6.45, 7) is 1.54. The summed E-state index contributed by atoms with van der Waals surface area (Å²) in [4.78, 5) is 10.8. The van der Waals surface area contributed by atoms with E-state index in [0.717, 1.165) is 18.6 Å². The van der Waals surface area contributed by atoms with Crippen LogP contribution in [0.3, 0.4) is 0 Å². The highest BCUT2D eigenvalue weighted by Gasteiger charge is 2.31. The van der Waals surface area contributed by atoms with E-state index in [0.29, 0.717) is 17.7 Å². The molecule has 0 bridgehead atoms. The first-order chi connectivity index (χ1) is 7.69. The van der Waals surface area contributed by atoms with Crippen LogP contribution in [-0.4, -0.2) is 31.0 Å². The van der Waals surface area contributed by atoms with Gasteiger partial charge in [-0.2, -0.15) is 0 Å². The Bertz CT molecular complexity index is 374. The third-order valence-electron chi connectivity index (χ3n) is 2.83. The summed E-state index contributed by atoms with van der Waals surface area (Å²) in [6, 6.07) is 0.394. The van der Waals surface area contributed by atoms with E-state index in [9.17, 15) is 4.79 Å². The van der Waals surface area contributed by atoms with Gasteiger partial charge < -0.3 is 5.11 Å². The van der Waals surface area contributed by atoms with Crippen LogP contribution < -0.4 is 0 Å². The Morgan fingerprint density at radius 1 is 1.69 bits per heavy atom. The minimum atomic E-state index is -0.0592. The van der Waals surface area contributed by atoms with Crippen LogP contribution in [-0.2, 0) is 11.4 Å². The van der Waals surface area contributed by atoms with E-state index in [-0.39, 0.29) is 11.7 Å². The van der Waals surface area contributed by atoms with Crippen molar-refractivity contribution in [3.05, 3.63) is 11.9 Å². The van der Waals surface area contributed by atoms with Crippen LogP contribution in [0.4, 0.5) is 0 Å². The molecule has 6 heteroatoms. The maximum Gasteiger partial charge on any atom is 0.185 e. The standard InChI is InChI=1S/C10H15N3O2S/c1-7(15)16-6-8-2-10(3-8)13-4-9(5-14)11-12-13/h4,8,10,14H,2-3,5-6H2,1H3. The number of rotatable bonds is 4. The fourth-order valence-corrected chi connectivity index (χ4v) is 2.59. The van der Waals surface area contributed by atoms with E-state index >= 15 is 0 Å². The summed E-state index contributed by atoms with van der Waals surface area (Å²) < 4.78 is 1.82. The monoisotopic (exact) mass is 241 g/mol. The Morgan fingerprint density at radius 3 is 3.00 bits per heavy atom. The highest BCUT2D eigenvalue weighted by molar-refractivity contribution is 8.13. The predicted molar refractivity (Wildman–Crippen MR) is 60.8 cm³/mol. The van der Waals surface area contributed by atoms with Crippen molar-refractivity contribution < 1.29 is 9.90 Å². The second-order valence-corrected chi connectivity index (χ2v) is 5.34. The summed E-state index contributed by atoms with van der Waals surface area (Å²) in [5.41, 5.74) is 0.613. The Balaban J connectivity index is 1.77. The fourth-order valence-electron chi connectivity index (χ4n) is 1.85. The zero-order valence-electron chi connectivity index (χ0n) is 9.17. The van der Waals surface area contributed by atoms with Crippen LogP contribution in [0.25, 0.3) is 0 Å². The zero-order chi connectivity index (χ0) is 11.5. The normalized spacial score (nSPS) is 24.1. The molecule has 0 aliphatic heterocycles. The van der Waals surface area contributed by atoms with Crippen LogP contribution in [0.5, 0.6) is 0 Å². The van der Waals surface area contributed by atoms with E-state index in [1.807, 2.05) is 4.68 Å². The SMILES string of the molecule is CC(=O)SCC1CC(n2cc(CO)nn2)C1. The highest BCUT2D eigenvalue weighted by Crippen LogP contribution is 2.39. The Kier molecular flexibility index (Phi) is 3.60. The fraction of sp³-hybridized carbons (Fsp3) is 0.700. The topological polar surface area (TPSA) is 68.0 Å². The molecule has 88 valence electrons. The van der Waals surface area contributed by atoms with Crippen LogP contribution in [0.15, 0.2) is 6.20 Å². The number of carbonyl (C=O) groups excluding carboxylic acids is 1. The number of hydrogen-bond acceptors (Lipinski definition) is 5. The summed E-state index contributed by atoms with van der Waals surface area (Å²) in [5, 5.41) is 16.9. The van der Waals surface area contributed by atoms with Gasteiger partial charge in [-0.25, -0.2) is 4.68 Å². The summed E-state index contributed by atoms with van der Waals surface area (Å²) in [6.07, 6.45) is 3.89. The quantitative estimate of drug-likeness (QED) is 0.851. The van der Waals surface area contributed by atoms with Gasteiger partial charge >= 0.3 is 0 Å². The summed E-state index contributed by atoms with van der Waals surface area (Å²) in [7, 11) is 0. The lowest BCUT2D eigenvalue weighted by molar-refractivity contribution is -0.109. The van der Waals surface area contributed by atoms with Crippen molar-refractivity contribution in [2.75, 3.05) is 5.75 Å². The number of aromatic nitrogens is 3.